The minimum absolute atomic E-state index is 0.181. The van der Waals surface area contributed by atoms with Crippen LogP contribution in [0.3, 0.4) is 0 Å². The zero-order valence-electron chi connectivity index (χ0n) is 6.84. The highest BCUT2D eigenvalue weighted by Gasteiger charge is 1.98. The Morgan fingerprint density at radius 1 is 1.27 bits per heavy atom. The quantitative estimate of drug-likeness (QED) is 0.629. The molecule has 0 aromatic heterocycles. The summed E-state index contributed by atoms with van der Waals surface area (Å²) in [4.78, 5) is 0. The van der Waals surface area contributed by atoms with Gasteiger partial charge in [-0.05, 0) is 24.5 Å². The second-order valence-electron chi connectivity index (χ2n) is 2.71. The standard InChI is InChI=1S/C10H13O/c1-2-3-6-9-7-4-5-8-10(9)11/h4-5,7-8H,2-3,6H2,1H3. The average Bonchev–Trinajstić information content (AvgIpc) is 2.03. The van der Waals surface area contributed by atoms with Gasteiger partial charge in [0, 0.05) is 0 Å². The first-order valence-corrected chi connectivity index (χ1v) is 4.09. The summed E-state index contributed by atoms with van der Waals surface area (Å²) in [6, 6.07) is 7.26. The molecule has 1 heteroatoms. The van der Waals surface area contributed by atoms with Gasteiger partial charge in [-0.1, -0.05) is 31.5 Å². The molecule has 0 N–H and O–H groups in total. The molecule has 1 aromatic rings. The Labute approximate surface area is 67.7 Å². The normalized spacial score (nSPS) is 9.91. The molecule has 0 unspecified atom stereocenters. The first kappa shape index (κ1) is 8.12. The maximum Gasteiger partial charge on any atom is 0.181 e. The van der Waals surface area contributed by atoms with E-state index < -0.39 is 0 Å². The van der Waals surface area contributed by atoms with Crippen LogP contribution in [0, 0.1) is 0 Å². The van der Waals surface area contributed by atoms with E-state index in [0.29, 0.717) is 0 Å². The summed E-state index contributed by atoms with van der Waals surface area (Å²) < 4.78 is 0. The van der Waals surface area contributed by atoms with E-state index in [-0.39, 0.29) is 5.75 Å². The molecule has 0 aliphatic rings. The zero-order chi connectivity index (χ0) is 8.10. The van der Waals surface area contributed by atoms with Gasteiger partial charge in [-0.15, -0.1) is 0 Å². The molecular weight excluding hydrogens is 136 g/mol. The van der Waals surface area contributed by atoms with E-state index in [9.17, 15) is 5.11 Å². The van der Waals surface area contributed by atoms with Gasteiger partial charge in [0.25, 0.3) is 0 Å². The number of aryl methyl sites for hydroxylation is 1. The lowest BCUT2D eigenvalue weighted by Gasteiger charge is -1.98. The van der Waals surface area contributed by atoms with Crippen molar-refractivity contribution in [2.24, 2.45) is 0 Å². The molecule has 0 saturated carbocycles. The van der Waals surface area contributed by atoms with E-state index in [1.165, 1.54) is 0 Å². The van der Waals surface area contributed by atoms with Crippen LogP contribution in [0.5, 0.6) is 5.75 Å². The van der Waals surface area contributed by atoms with Crippen LogP contribution in [0.25, 0.3) is 0 Å². The summed E-state index contributed by atoms with van der Waals surface area (Å²) in [5.41, 5.74) is 0.953. The monoisotopic (exact) mass is 149 g/mol. The first-order valence-electron chi connectivity index (χ1n) is 4.09. The van der Waals surface area contributed by atoms with E-state index in [4.69, 9.17) is 0 Å². The van der Waals surface area contributed by atoms with Crippen molar-refractivity contribution in [3.63, 3.8) is 0 Å². The predicted molar refractivity (Wildman–Crippen MR) is 45.2 cm³/mol. The highest BCUT2D eigenvalue weighted by atomic mass is 16.3. The molecule has 1 nitrogen and oxygen atoms in total. The maximum atomic E-state index is 11.1. The number of hydrogen-bond acceptors (Lipinski definition) is 0. The lowest BCUT2D eigenvalue weighted by Crippen LogP contribution is -1.83. The van der Waals surface area contributed by atoms with Crippen LogP contribution in [0.4, 0.5) is 0 Å². The van der Waals surface area contributed by atoms with E-state index in [1.807, 2.05) is 12.1 Å². The molecule has 0 aliphatic carbocycles. The highest BCUT2D eigenvalue weighted by Crippen LogP contribution is 2.18. The fourth-order valence-electron chi connectivity index (χ4n) is 1.08. The third kappa shape index (κ3) is 2.26. The number of benzene rings is 1. The number of hydrogen-bond donors (Lipinski definition) is 0. The van der Waals surface area contributed by atoms with Gasteiger partial charge in [0.2, 0.25) is 0 Å². The number of rotatable bonds is 3. The van der Waals surface area contributed by atoms with Crippen LogP contribution in [-0.4, -0.2) is 0 Å². The molecule has 59 valence electrons. The Balaban J connectivity index is 2.62. The van der Waals surface area contributed by atoms with Crippen LogP contribution in [0.15, 0.2) is 24.3 Å². The molecule has 0 amide bonds. The molecular formula is C10H13O. The fourth-order valence-corrected chi connectivity index (χ4v) is 1.08. The lowest BCUT2D eigenvalue weighted by molar-refractivity contribution is 0.349. The Morgan fingerprint density at radius 2 is 2.00 bits per heavy atom. The summed E-state index contributed by atoms with van der Waals surface area (Å²) in [5.74, 6) is 0.181. The van der Waals surface area contributed by atoms with Crippen LogP contribution >= 0.6 is 0 Å². The second kappa shape index (κ2) is 4.02. The van der Waals surface area contributed by atoms with Gasteiger partial charge in [0.15, 0.2) is 5.75 Å². The second-order valence-corrected chi connectivity index (χ2v) is 2.71. The minimum Gasteiger partial charge on any atom is -0.290 e. The van der Waals surface area contributed by atoms with Gasteiger partial charge in [0.05, 0.1) is 0 Å². The van der Waals surface area contributed by atoms with Crippen molar-refractivity contribution in [3.05, 3.63) is 29.8 Å². The number of unbranched alkanes of at least 4 members (excludes halogenated alkanes) is 1. The topological polar surface area (TPSA) is 19.9 Å². The summed E-state index contributed by atoms with van der Waals surface area (Å²) in [7, 11) is 0. The Morgan fingerprint density at radius 3 is 2.64 bits per heavy atom. The van der Waals surface area contributed by atoms with Crippen LogP contribution in [-0.2, 0) is 11.5 Å². The smallest absolute Gasteiger partial charge is 0.181 e. The van der Waals surface area contributed by atoms with Crippen LogP contribution in [0.2, 0.25) is 0 Å². The van der Waals surface area contributed by atoms with E-state index in [1.54, 1.807) is 12.1 Å². The van der Waals surface area contributed by atoms with Crippen molar-refractivity contribution in [1.29, 1.82) is 0 Å². The summed E-state index contributed by atoms with van der Waals surface area (Å²) in [6.45, 7) is 2.13. The van der Waals surface area contributed by atoms with Gasteiger partial charge in [-0.25, -0.2) is 0 Å². The lowest BCUT2D eigenvalue weighted by atomic mass is 10.1. The van der Waals surface area contributed by atoms with Gasteiger partial charge in [-0.3, -0.25) is 5.11 Å². The van der Waals surface area contributed by atoms with Crippen LogP contribution in [0.1, 0.15) is 25.3 Å². The summed E-state index contributed by atoms with van der Waals surface area (Å²) in [6.07, 6.45) is 3.18. The minimum atomic E-state index is 0.181. The van der Waals surface area contributed by atoms with Crippen LogP contribution < -0.4 is 0 Å². The predicted octanol–water partition coefficient (Wildman–Crippen LogP) is 3.17. The molecule has 0 spiro atoms. The van der Waals surface area contributed by atoms with Crippen molar-refractivity contribution in [2.45, 2.75) is 26.2 Å². The molecule has 0 bridgehead atoms. The molecule has 0 aliphatic heterocycles. The van der Waals surface area contributed by atoms with Crippen molar-refractivity contribution < 1.29 is 5.11 Å². The zero-order valence-corrected chi connectivity index (χ0v) is 6.84. The Bertz CT molecular complexity index is 218. The molecule has 0 fully saturated rings. The molecule has 0 heterocycles. The van der Waals surface area contributed by atoms with Crippen molar-refractivity contribution in [3.8, 4) is 5.75 Å². The van der Waals surface area contributed by atoms with E-state index in [2.05, 4.69) is 6.92 Å². The largest absolute Gasteiger partial charge is 0.290 e. The molecule has 0 saturated heterocycles. The molecule has 1 aromatic carbocycles. The van der Waals surface area contributed by atoms with Gasteiger partial charge >= 0.3 is 0 Å². The summed E-state index contributed by atoms with van der Waals surface area (Å²) in [5, 5.41) is 11.1. The van der Waals surface area contributed by atoms with E-state index in [0.717, 1.165) is 24.8 Å². The molecule has 0 atom stereocenters. The highest BCUT2D eigenvalue weighted by molar-refractivity contribution is 5.31. The summed E-state index contributed by atoms with van der Waals surface area (Å²) >= 11 is 0. The Kier molecular flexibility index (Phi) is 2.96. The average molecular weight is 149 g/mol. The maximum absolute atomic E-state index is 11.1. The van der Waals surface area contributed by atoms with Crippen molar-refractivity contribution in [2.75, 3.05) is 0 Å². The van der Waals surface area contributed by atoms with Crippen molar-refractivity contribution in [1.82, 2.24) is 0 Å². The van der Waals surface area contributed by atoms with E-state index >= 15 is 0 Å². The Hall–Kier alpha value is -0.980. The molecule has 1 radical (unpaired) electrons. The fraction of sp³-hybridized carbons (Fsp3) is 0.400. The third-order valence-corrected chi connectivity index (χ3v) is 1.77. The first-order chi connectivity index (χ1) is 5.34. The third-order valence-electron chi connectivity index (χ3n) is 1.77. The SMILES string of the molecule is CCCCc1ccccc1[O]. The van der Waals surface area contributed by atoms with Crippen molar-refractivity contribution >= 4 is 0 Å². The molecule has 1 rings (SSSR count). The van der Waals surface area contributed by atoms with Gasteiger partial charge in [-0.2, -0.15) is 0 Å². The number of para-hydroxylation sites is 1. The van der Waals surface area contributed by atoms with Gasteiger partial charge in [0.1, 0.15) is 0 Å². The van der Waals surface area contributed by atoms with Gasteiger partial charge < -0.3 is 0 Å². The molecule has 11 heavy (non-hydrogen) atoms.